The Hall–Kier alpha value is -2.86. The van der Waals surface area contributed by atoms with Crippen molar-refractivity contribution >= 4 is 23.2 Å². The standard InChI is InChI=1S/C18H22N4O2/c19-9-10-21-17(23)11-14-3-7-16(8-4-14)22-18(24)12-13-1-5-15(20)6-2-13/h1-8H,9-12,19-20H2,(H,21,23)(H,22,24). The van der Waals surface area contributed by atoms with Crippen molar-refractivity contribution in [3.05, 3.63) is 59.7 Å². The van der Waals surface area contributed by atoms with E-state index in [1.54, 1.807) is 24.3 Å². The molecule has 6 N–H and O–H groups in total. The second-order valence-electron chi connectivity index (χ2n) is 5.48. The van der Waals surface area contributed by atoms with Crippen LogP contribution in [-0.2, 0) is 22.4 Å². The molecule has 0 fully saturated rings. The zero-order chi connectivity index (χ0) is 17.4. The number of amides is 2. The molecule has 0 bridgehead atoms. The lowest BCUT2D eigenvalue weighted by Crippen LogP contribution is -2.30. The maximum atomic E-state index is 12.0. The first kappa shape index (κ1) is 17.5. The first-order chi connectivity index (χ1) is 11.6. The van der Waals surface area contributed by atoms with E-state index in [9.17, 15) is 9.59 Å². The van der Waals surface area contributed by atoms with Gasteiger partial charge in [0.1, 0.15) is 0 Å². The molecule has 0 saturated carbocycles. The van der Waals surface area contributed by atoms with Gasteiger partial charge < -0.3 is 22.1 Å². The van der Waals surface area contributed by atoms with Gasteiger partial charge in [-0.15, -0.1) is 0 Å². The first-order valence-electron chi connectivity index (χ1n) is 7.77. The summed E-state index contributed by atoms with van der Waals surface area (Å²) >= 11 is 0. The van der Waals surface area contributed by atoms with Crippen molar-refractivity contribution in [3.8, 4) is 0 Å². The van der Waals surface area contributed by atoms with Gasteiger partial charge in [0.05, 0.1) is 12.8 Å². The van der Waals surface area contributed by atoms with Crippen molar-refractivity contribution in [3.63, 3.8) is 0 Å². The van der Waals surface area contributed by atoms with Crippen LogP contribution in [0.4, 0.5) is 11.4 Å². The van der Waals surface area contributed by atoms with Crippen molar-refractivity contribution in [2.75, 3.05) is 24.1 Å². The fourth-order valence-electron chi connectivity index (χ4n) is 2.19. The first-order valence-corrected chi connectivity index (χ1v) is 7.77. The number of carbonyl (C=O) groups excluding carboxylic acids is 2. The number of nitrogens with two attached hydrogens (primary N) is 2. The third kappa shape index (κ3) is 5.73. The van der Waals surface area contributed by atoms with Crippen LogP contribution in [0.3, 0.4) is 0 Å². The summed E-state index contributed by atoms with van der Waals surface area (Å²) in [6.07, 6.45) is 0.573. The Morgan fingerprint density at radius 2 is 1.38 bits per heavy atom. The van der Waals surface area contributed by atoms with E-state index in [1.807, 2.05) is 24.3 Å². The average Bonchev–Trinajstić information content (AvgIpc) is 2.57. The number of nitrogen functional groups attached to an aromatic ring is 1. The minimum atomic E-state index is -0.104. The van der Waals surface area contributed by atoms with E-state index >= 15 is 0 Å². The predicted octanol–water partition coefficient (Wildman–Crippen LogP) is 1.07. The van der Waals surface area contributed by atoms with E-state index in [2.05, 4.69) is 10.6 Å². The van der Waals surface area contributed by atoms with E-state index in [0.717, 1.165) is 11.1 Å². The SMILES string of the molecule is NCCNC(=O)Cc1ccc(NC(=O)Cc2ccc(N)cc2)cc1. The minimum absolute atomic E-state index is 0.0689. The lowest BCUT2D eigenvalue weighted by atomic mass is 10.1. The predicted molar refractivity (Wildman–Crippen MR) is 95.4 cm³/mol. The quantitative estimate of drug-likeness (QED) is 0.570. The van der Waals surface area contributed by atoms with Gasteiger partial charge in [-0.05, 0) is 35.4 Å². The highest BCUT2D eigenvalue weighted by molar-refractivity contribution is 5.92. The maximum Gasteiger partial charge on any atom is 0.228 e. The molecule has 6 heteroatoms. The summed E-state index contributed by atoms with van der Waals surface area (Å²) in [5.41, 5.74) is 14.1. The highest BCUT2D eigenvalue weighted by Gasteiger charge is 2.06. The molecule has 0 spiro atoms. The molecular formula is C18H22N4O2. The molecule has 2 rings (SSSR count). The summed E-state index contributed by atoms with van der Waals surface area (Å²) in [6.45, 7) is 0.892. The maximum absolute atomic E-state index is 12.0. The highest BCUT2D eigenvalue weighted by Crippen LogP contribution is 2.12. The molecule has 0 unspecified atom stereocenters. The van der Waals surface area contributed by atoms with Crippen molar-refractivity contribution in [1.29, 1.82) is 0 Å². The molecular weight excluding hydrogens is 304 g/mol. The van der Waals surface area contributed by atoms with Gasteiger partial charge >= 0.3 is 0 Å². The second kappa shape index (κ2) is 8.69. The minimum Gasteiger partial charge on any atom is -0.399 e. The van der Waals surface area contributed by atoms with Gasteiger partial charge in [0.2, 0.25) is 11.8 Å². The topological polar surface area (TPSA) is 110 Å². The van der Waals surface area contributed by atoms with Gasteiger partial charge in [-0.25, -0.2) is 0 Å². The Morgan fingerprint density at radius 3 is 1.96 bits per heavy atom. The Kier molecular flexibility index (Phi) is 6.33. The largest absolute Gasteiger partial charge is 0.399 e. The molecule has 2 aromatic rings. The summed E-state index contributed by atoms with van der Waals surface area (Å²) in [4.78, 5) is 23.6. The third-order valence-electron chi connectivity index (χ3n) is 3.41. The van der Waals surface area contributed by atoms with Crippen LogP contribution in [0.2, 0.25) is 0 Å². The van der Waals surface area contributed by atoms with Crippen molar-refractivity contribution in [2.24, 2.45) is 5.73 Å². The normalized spacial score (nSPS) is 10.2. The average molecular weight is 326 g/mol. The van der Waals surface area contributed by atoms with E-state index in [1.165, 1.54) is 0 Å². The van der Waals surface area contributed by atoms with Gasteiger partial charge in [-0.3, -0.25) is 9.59 Å². The molecule has 0 aliphatic carbocycles. The van der Waals surface area contributed by atoms with Crippen molar-refractivity contribution in [1.82, 2.24) is 5.32 Å². The van der Waals surface area contributed by atoms with Crippen LogP contribution in [0, 0.1) is 0 Å². The summed E-state index contributed by atoms with van der Waals surface area (Å²) < 4.78 is 0. The van der Waals surface area contributed by atoms with Crippen molar-refractivity contribution in [2.45, 2.75) is 12.8 Å². The van der Waals surface area contributed by atoms with Gasteiger partial charge in [0.15, 0.2) is 0 Å². The second-order valence-corrected chi connectivity index (χ2v) is 5.48. The smallest absolute Gasteiger partial charge is 0.228 e. The molecule has 0 radical (unpaired) electrons. The lowest BCUT2D eigenvalue weighted by molar-refractivity contribution is -0.120. The van der Waals surface area contributed by atoms with E-state index < -0.39 is 0 Å². The molecule has 0 aliphatic rings. The van der Waals surface area contributed by atoms with Crippen LogP contribution in [0.15, 0.2) is 48.5 Å². The Bertz CT molecular complexity index is 681. The van der Waals surface area contributed by atoms with Crippen LogP contribution in [0.1, 0.15) is 11.1 Å². The lowest BCUT2D eigenvalue weighted by Gasteiger charge is -2.07. The molecule has 6 nitrogen and oxygen atoms in total. The van der Waals surface area contributed by atoms with Gasteiger partial charge in [0.25, 0.3) is 0 Å². The Labute approximate surface area is 141 Å². The summed E-state index contributed by atoms with van der Waals surface area (Å²) in [6, 6.07) is 14.4. The fraction of sp³-hybridized carbons (Fsp3) is 0.222. The van der Waals surface area contributed by atoms with Gasteiger partial charge in [0, 0.05) is 24.5 Å². The number of carbonyl (C=O) groups is 2. The summed E-state index contributed by atoms with van der Waals surface area (Å²) in [5.74, 6) is -0.172. The molecule has 126 valence electrons. The molecule has 0 atom stereocenters. The number of anilines is 2. The number of rotatable bonds is 7. The Morgan fingerprint density at radius 1 is 0.833 bits per heavy atom. The summed E-state index contributed by atoms with van der Waals surface area (Å²) in [5, 5.41) is 5.55. The molecule has 0 aliphatic heterocycles. The molecule has 0 aromatic heterocycles. The van der Waals surface area contributed by atoms with Gasteiger partial charge in [-0.2, -0.15) is 0 Å². The van der Waals surface area contributed by atoms with Crippen LogP contribution >= 0.6 is 0 Å². The third-order valence-corrected chi connectivity index (χ3v) is 3.41. The zero-order valence-electron chi connectivity index (χ0n) is 13.4. The van der Waals surface area contributed by atoms with Crippen LogP contribution < -0.4 is 22.1 Å². The molecule has 2 amide bonds. The van der Waals surface area contributed by atoms with Gasteiger partial charge in [-0.1, -0.05) is 24.3 Å². The highest BCUT2D eigenvalue weighted by atomic mass is 16.2. The van der Waals surface area contributed by atoms with Crippen LogP contribution in [0.5, 0.6) is 0 Å². The number of nitrogens with one attached hydrogen (secondary N) is 2. The zero-order valence-corrected chi connectivity index (χ0v) is 13.4. The monoisotopic (exact) mass is 326 g/mol. The fourth-order valence-corrected chi connectivity index (χ4v) is 2.19. The molecule has 0 heterocycles. The molecule has 24 heavy (non-hydrogen) atoms. The van der Waals surface area contributed by atoms with Crippen molar-refractivity contribution < 1.29 is 9.59 Å². The molecule has 2 aromatic carbocycles. The number of benzene rings is 2. The van der Waals surface area contributed by atoms with Crippen LogP contribution in [0.25, 0.3) is 0 Å². The molecule has 0 saturated heterocycles. The van der Waals surface area contributed by atoms with E-state index in [0.29, 0.717) is 30.9 Å². The van der Waals surface area contributed by atoms with Crippen LogP contribution in [-0.4, -0.2) is 24.9 Å². The summed E-state index contributed by atoms with van der Waals surface area (Å²) in [7, 11) is 0. The van der Waals surface area contributed by atoms with E-state index in [-0.39, 0.29) is 18.2 Å². The number of hydrogen-bond acceptors (Lipinski definition) is 4. The Balaban J connectivity index is 1.85. The number of hydrogen-bond donors (Lipinski definition) is 4. The van der Waals surface area contributed by atoms with E-state index in [4.69, 9.17) is 11.5 Å².